The molecule has 0 spiro atoms. The third kappa shape index (κ3) is 3.95. The first-order chi connectivity index (χ1) is 9.19. The standard InChI is InChI=1S/C17H34N2/c1-4-11-18-16-8-12-19(15(3)13-16)14-17(5-2)9-6-7-10-17/h15-16,18H,4-14H2,1-3H3. The maximum atomic E-state index is 3.71. The third-order valence-corrected chi connectivity index (χ3v) is 5.65. The smallest absolute Gasteiger partial charge is 0.00940 e. The second kappa shape index (κ2) is 7.08. The third-order valence-electron chi connectivity index (χ3n) is 5.65. The number of likely N-dealkylation sites (tertiary alicyclic amines) is 1. The summed E-state index contributed by atoms with van der Waals surface area (Å²) in [5.41, 5.74) is 0.665. The summed E-state index contributed by atoms with van der Waals surface area (Å²) in [5, 5.41) is 3.71. The van der Waals surface area contributed by atoms with E-state index in [0.29, 0.717) is 5.41 Å². The zero-order valence-corrected chi connectivity index (χ0v) is 13.4. The van der Waals surface area contributed by atoms with E-state index >= 15 is 0 Å². The Bertz CT molecular complexity index is 258. The number of nitrogens with zero attached hydrogens (tertiary/aromatic N) is 1. The van der Waals surface area contributed by atoms with Crippen LogP contribution in [0.15, 0.2) is 0 Å². The second-order valence-corrected chi connectivity index (χ2v) is 7.06. The van der Waals surface area contributed by atoms with Gasteiger partial charge in [-0.2, -0.15) is 0 Å². The molecule has 2 heteroatoms. The molecule has 0 aromatic heterocycles. The van der Waals surface area contributed by atoms with Gasteiger partial charge in [0.25, 0.3) is 0 Å². The average Bonchev–Trinajstić information content (AvgIpc) is 2.88. The summed E-state index contributed by atoms with van der Waals surface area (Å²) in [6.45, 7) is 11.0. The molecule has 2 nitrogen and oxygen atoms in total. The molecule has 0 amide bonds. The van der Waals surface area contributed by atoms with Crippen molar-refractivity contribution >= 4 is 0 Å². The summed E-state index contributed by atoms with van der Waals surface area (Å²) in [7, 11) is 0. The van der Waals surface area contributed by atoms with Gasteiger partial charge < -0.3 is 5.32 Å². The van der Waals surface area contributed by atoms with Crippen molar-refractivity contribution < 1.29 is 0 Å². The van der Waals surface area contributed by atoms with Gasteiger partial charge in [0.2, 0.25) is 0 Å². The van der Waals surface area contributed by atoms with E-state index in [2.05, 4.69) is 31.0 Å². The summed E-state index contributed by atoms with van der Waals surface area (Å²) < 4.78 is 0. The summed E-state index contributed by atoms with van der Waals surface area (Å²) in [6, 6.07) is 1.54. The van der Waals surface area contributed by atoms with E-state index in [1.807, 2.05) is 0 Å². The first-order valence-electron chi connectivity index (χ1n) is 8.66. The van der Waals surface area contributed by atoms with Crippen LogP contribution in [0.5, 0.6) is 0 Å². The van der Waals surface area contributed by atoms with Crippen LogP contribution in [-0.2, 0) is 0 Å². The molecule has 2 rings (SSSR count). The Hall–Kier alpha value is -0.0800. The minimum atomic E-state index is 0.665. The van der Waals surface area contributed by atoms with E-state index in [0.717, 1.165) is 12.1 Å². The van der Waals surface area contributed by atoms with Crippen LogP contribution < -0.4 is 5.32 Å². The monoisotopic (exact) mass is 266 g/mol. The minimum Gasteiger partial charge on any atom is -0.314 e. The van der Waals surface area contributed by atoms with Crippen LogP contribution in [0, 0.1) is 5.41 Å². The van der Waals surface area contributed by atoms with Gasteiger partial charge in [-0.15, -0.1) is 0 Å². The van der Waals surface area contributed by atoms with Gasteiger partial charge in [0.15, 0.2) is 0 Å². The van der Waals surface area contributed by atoms with Crippen molar-refractivity contribution in [3.05, 3.63) is 0 Å². The molecule has 1 saturated carbocycles. The van der Waals surface area contributed by atoms with Crippen LogP contribution in [0.4, 0.5) is 0 Å². The van der Waals surface area contributed by atoms with Gasteiger partial charge in [-0.1, -0.05) is 26.7 Å². The Labute approximate surface area is 120 Å². The molecule has 0 bridgehead atoms. The van der Waals surface area contributed by atoms with Crippen molar-refractivity contribution in [3.63, 3.8) is 0 Å². The lowest BCUT2D eigenvalue weighted by Gasteiger charge is -2.43. The Morgan fingerprint density at radius 3 is 2.53 bits per heavy atom. The number of hydrogen-bond acceptors (Lipinski definition) is 2. The van der Waals surface area contributed by atoms with Gasteiger partial charge in [-0.05, 0) is 64.0 Å². The maximum Gasteiger partial charge on any atom is 0.00940 e. The number of hydrogen-bond donors (Lipinski definition) is 1. The van der Waals surface area contributed by atoms with Gasteiger partial charge >= 0.3 is 0 Å². The van der Waals surface area contributed by atoms with E-state index in [-0.39, 0.29) is 0 Å². The Morgan fingerprint density at radius 2 is 1.95 bits per heavy atom. The lowest BCUT2D eigenvalue weighted by molar-refractivity contribution is 0.0747. The van der Waals surface area contributed by atoms with E-state index in [9.17, 15) is 0 Å². The van der Waals surface area contributed by atoms with Crippen molar-refractivity contribution in [2.45, 2.75) is 84.2 Å². The van der Waals surface area contributed by atoms with Crippen LogP contribution in [0.2, 0.25) is 0 Å². The van der Waals surface area contributed by atoms with Gasteiger partial charge in [-0.25, -0.2) is 0 Å². The fourth-order valence-electron chi connectivity index (χ4n) is 4.17. The first-order valence-corrected chi connectivity index (χ1v) is 8.66. The molecule has 19 heavy (non-hydrogen) atoms. The molecule has 2 atom stereocenters. The normalized spacial score (nSPS) is 31.7. The van der Waals surface area contributed by atoms with E-state index in [1.54, 1.807) is 0 Å². The molecule has 1 heterocycles. The number of nitrogens with one attached hydrogen (secondary N) is 1. The topological polar surface area (TPSA) is 15.3 Å². The predicted octanol–water partition coefficient (Wildman–Crippen LogP) is 3.81. The molecule has 1 saturated heterocycles. The predicted molar refractivity (Wildman–Crippen MR) is 83.5 cm³/mol. The molecule has 2 fully saturated rings. The number of piperidine rings is 1. The highest BCUT2D eigenvalue weighted by atomic mass is 15.2. The molecule has 1 aliphatic heterocycles. The highest BCUT2D eigenvalue weighted by Crippen LogP contribution is 2.42. The van der Waals surface area contributed by atoms with Gasteiger partial charge in [0, 0.05) is 18.6 Å². The van der Waals surface area contributed by atoms with E-state index in [1.165, 1.54) is 71.0 Å². The SMILES string of the molecule is CCCNC1CCN(CC2(CC)CCCC2)C(C)C1. The highest BCUT2D eigenvalue weighted by molar-refractivity contribution is 4.91. The van der Waals surface area contributed by atoms with Crippen molar-refractivity contribution in [1.29, 1.82) is 0 Å². The van der Waals surface area contributed by atoms with Gasteiger partial charge in [0.05, 0.1) is 0 Å². The summed E-state index contributed by atoms with van der Waals surface area (Å²) in [5.74, 6) is 0. The maximum absolute atomic E-state index is 3.71. The number of rotatable bonds is 6. The lowest BCUT2D eigenvalue weighted by atomic mass is 9.81. The quantitative estimate of drug-likeness (QED) is 0.786. The molecule has 2 aliphatic rings. The molecule has 0 aromatic carbocycles. The van der Waals surface area contributed by atoms with E-state index in [4.69, 9.17) is 0 Å². The average molecular weight is 266 g/mol. The minimum absolute atomic E-state index is 0.665. The van der Waals surface area contributed by atoms with Crippen molar-refractivity contribution in [1.82, 2.24) is 10.2 Å². The van der Waals surface area contributed by atoms with Crippen LogP contribution in [0.25, 0.3) is 0 Å². The Morgan fingerprint density at radius 1 is 1.21 bits per heavy atom. The Kier molecular flexibility index (Phi) is 5.70. The van der Waals surface area contributed by atoms with Crippen molar-refractivity contribution in [3.8, 4) is 0 Å². The van der Waals surface area contributed by atoms with Crippen molar-refractivity contribution in [2.24, 2.45) is 5.41 Å². The molecule has 0 radical (unpaired) electrons. The lowest BCUT2D eigenvalue weighted by Crippen LogP contribution is -2.50. The van der Waals surface area contributed by atoms with Crippen LogP contribution in [0.3, 0.4) is 0 Å². The largest absolute Gasteiger partial charge is 0.314 e. The molecular weight excluding hydrogens is 232 g/mol. The molecule has 1 aliphatic carbocycles. The molecule has 112 valence electrons. The fraction of sp³-hybridized carbons (Fsp3) is 1.00. The summed E-state index contributed by atoms with van der Waals surface area (Å²) >= 11 is 0. The Balaban J connectivity index is 1.82. The first kappa shape index (κ1) is 15.3. The summed E-state index contributed by atoms with van der Waals surface area (Å²) in [4.78, 5) is 2.79. The molecule has 1 N–H and O–H groups in total. The fourth-order valence-corrected chi connectivity index (χ4v) is 4.17. The van der Waals surface area contributed by atoms with Crippen LogP contribution >= 0.6 is 0 Å². The van der Waals surface area contributed by atoms with Crippen LogP contribution in [-0.4, -0.2) is 36.6 Å². The second-order valence-electron chi connectivity index (χ2n) is 7.06. The zero-order valence-electron chi connectivity index (χ0n) is 13.4. The molecule has 2 unspecified atom stereocenters. The van der Waals surface area contributed by atoms with Crippen LogP contribution in [0.1, 0.15) is 72.1 Å². The molecular formula is C17H34N2. The van der Waals surface area contributed by atoms with E-state index < -0.39 is 0 Å². The van der Waals surface area contributed by atoms with Gasteiger partial charge in [0.1, 0.15) is 0 Å². The molecule has 0 aromatic rings. The highest BCUT2D eigenvalue weighted by Gasteiger charge is 2.36. The summed E-state index contributed by atoms with van der Waals surface area (Å²) in [6.07, 6.45) is 11.2. The zero-order chi connectivity index (χ0) is 13.7. The van der Waals surface area contributed by atoms with Gasteiger partial charge in [-0.3, -0.25) is 4.90 Å². The van der Waals surface area contributed by atoms with Crippen molar-refractivity contribution in [2.75, 3.05) is 19.6 Å².